The van der Waals surface area contributed by atoms with Crippen molar-refractivity contribution in [1.82, 2.24) is 26.2 Å². The van der Waals surface area contributed by atoms with Crippen LogP contribution in [0.5, 0.6) is 0 Å². The Hall–Kier alpha value is -11.2. The summed E-state index contributed by atoms with van der Waals surface area (Å²) in [5, 5.41) is 32.5. The molecular formula is C107H139N9O19S3. The van der Waals surface area contributed by atoms with E-state index in [-0.39, 0.29) is 148 Å². The number of hydrogen-bond donors (Lipinski definition) is 9. The summed E-state index contributed by atoms with van der Waals surface area (Å²) in [6, 6.07) is 40.2. The SMILES string of the molecule is CCC(=O)[C@H](CC(=O)[C@H](CC(=O)C(C)(C)NC(=O)[C@@H](C)CC(=O)[C@H](CC(=O)[C@H]1CCCN1C(=O)[C@@H](CSCc1cc2cc(c1)CSC[C@@H](C)C(=O)N[C@H](C)C(=O)C[C@H](C(C)(C)C)C(=O)C[C@H](CC(N)=O)C(=O)C[C@H](CCCNC(=N)N)C(=O)NC(C)(C)C(=O)C[C@@H](CC(=O)O)C(=O)C[C@@H](C(N)=O)CSC2)CC(C)=O)Cc1cccc2ccccc12)Cc1ccccc1)Cc1cccc2ccccc12. The van der Waals surface area contributed by atoms with Crippen molar-refractivity contribution < 1.29 is 91.4 Å². The number of rotatable bonds is 38. The molecule has 6 aromatic carbocycles. The molecule has 6 aromatic rings. The molecule has 0 saturated carbocycles. The minimum atomic E-state index is -1.82. The number of amides is 6. The molecule has 2 bridgehead atoms. The van der Waals surface area contributed by atoms with E-state index in [1.54, 1.807) is 55.4 Å². The van der Waals surface area contributed by atoms with Gasteiger partial charge in [0.05, 0.1) is 41.4 Å². The van der Waals surface area contributed by atoms with Crippen LogP contribution in [0.3, 0.4) is 0 Å². The van der Waals surface area contributed by atoms with E-state index in [0.717, 1.165) is 54.9 Å². The zero-order valence-corrected chi connectivity index (χ0v) is 84.2. The molecule has 12 N–H and O–H groups in total. The third-order valence-corrected chi connectivity index (χ3v) is 30.1. The summed E-state index contributed by atoms with van der Waals surface area (Å²) in [6.45, 7) is 19.2. The van der Waals surface area contributed by atoms with Gasteiger partial charge >= 0.3 is 5.97 Å². The molecule has 2 aliphatic heterocycles. The molecule has 1 fully saturated rings. The summed E-state index contributed by atoms with van der Waals surface area (Å²) in [4.78, 5) is 257. The molecule has 0 aliphatic carbocycles. The van der Waals surface area contributed by atoms with E-state index in [0.29, 0.717) is 18.6 Å². The minimum Gasteiger partial charge on any atom is -0.481 e. The van der Waals surface area contributed by atoms with Crippen LogP contribution >= 0.6 is 35.3 Å². The van der Waals surface area contributed by atoms with Gasteiger partial charge in [-0.05, 0) is 147 Å². The van der Waals surface area contributed by atoms with E-state index in [1.165, 1.54) is 67.9 Å². The van der Waals surface area contributed by atoms with Crippen LogP contribution in [0.2, 0.25) is 0 Å². The van der Waals surface area contributed by atoms with Gasteiger partial charge in [0, 0.05) is 178 Å². The number of benzene rings is 6. The van der Waals surface area contributed by atoms with Crippen LogP contribution < -0.4 is 38.5 Å². The molecular weight excluding hydrogens is 1810 g/mol. The Balaban J connectivity index is 0.999. The molecule has 0 unspecified atom stereocenters. The Bertz CT molecular complexity index is 5450. The summed E-state index contributed by atoms with van der Waals surface area (Å²) in [5.41, 5.74) is 17.8. The smallest absolute Gasteiger partial charge is 0.304 e. The maximum atomic E-state index is 15.2. The number of guanidine groups is 1. The standard InChI is InChI=1S/C107H139N9O19S3/c1-13-87(118)77(45-73-31-21-29-71-27-17-19-34-83(71)73)48-91(122)76(44-67-25-15-14-16-26-67)52-95(126)106(9,10)114-101(133)63(2)39-89(120)78(46-74-32-22-30-72-28-18-20-35-84(72)74)50-94(125)86-36-24-38-116(86)103(135)82(40-65(4)117)62-138-60-70-42-68-41-69(43-70)59-137-61-81(99(109)131)51-92(123)80(55-98(129)130)53-96(127)107(11,12)115-102(134)75(33-23-37-112-104(110)111)47-90(121)79(54-97(108)128)49-93(124)85(105(6,7)8)56-88(119)66(5)113-100(132)64(3)57-136-58-68/h14-22,25-32,34-35,41-43,63-64,66,75-82,85-86H,13,23-24,33,36-40,44-62H2,1-12H3,(H2,108,128)(H2,109,131)(H,113,132)(H,114,133)(H,115,134)(H,129,130)(H4,110,111,112)/t63-,64+,66+,75-,76-,77-,78-,79+,80-,81+,82+,85-,86+/m0/s1. The Morgan fingerprint density at radius 2 is 1.17 bits per heavy atom. The second-order valence-electron chi connectivity index (χ2n) is 39.8. The number of nitrogens with zero attached hydrogens (tertiary/aromatic N) is 1. The van der Waals surface area contributed by atoms with Crippen molar-refractivity contribution in [3.63, 3.8) is 0 Å². The number of likely N-dealkylation sites (tertiary alicyclic amines) is 1. The predicted molar refractivity (Wildman–Crippen MR) is 538 cm³/mol. The van der Waals surface area contributed by atoms with Crippen LogP contribution in [0, 0.1) is 75.9 Å². The van der Waals surface area contributed by atoms with E-state index in [4.69, 9.17) is 22.6 Å². The number of nitrogens with two attached hydrogens (primary N) is 3. The van der Waals surface area contributed by atoms with Crippen LogP contribution in [-0.4, -0.2) is 175 Å². The Morgan fingerprint density at radius 1 is 0.609 bits per heavy atom. The lowest BCUT2D eigenvalue weighted by Gasteiger charge is -2.31. The molecule has 31 heteroatoms. The highest BCUT2D eigenvalue weighted by molar-refractivity contribution is 7.99. The average Bonchev–Trinajstić information content (AvgIpc) is 1.73. The Labute approximate surface area is 822 Å². The van der Waals surface area contributed by atoms with Gasteiger partial charge in [-0.25, -0.2) is 0 Å². The van der Waals surface area contributed by atoms with Gasteiger partial charge in [0.2, 0.25) is 35.4 Å². The minimum absolute atomic E-state index is 0.0381. The molecule has 0 aromatic heterocycles. The number of hydrogen-bond acceptors (Lipinski definition) is 22. The number of carboxylic acid groups (broad SMARTS) is 1. The average molecular weight is 1950 g/mol. The van der Waals surface area contributed by atoms with Gasteiger partial charge in [-0.15, -0.1) is 0 Å². The van der Waals surface area contributed by atoms with Crippen molar-refractivity contribution in [3.05, 3.63) is 167 Å². The van der Waals surface area contributed by atoms with E-state index in [9.17, 15) is 77.0 Å². The van der Waals surface area contributed by atoms with Crippen LogP contribution in [0.15, 0.2) is 133 Å². The van der Waals surface area contributed by atoms with Crippen molar-refractivity contribution in [2.75, 3.05) is 30.3 Å². The van der Waals surface area contributed by atoms with E-state index in [1.807, 2.05) is 133 Å². The van der Waals surface area contributed by atoms with Crippen molar-refractivity contribution >= 4 is 168 Å². The molecule has 2 aliphatic rings. The lowest BCUT2D eigenvalue weighted by Crippen LogP contribution is -2.52. The van der Waals surface area contributed by atoms with Crippen molar-refractivity contribution in [2.45, 2.75) is 252 Å². The fraction of sp³-hybridized carbons (Fsp3) is 0.523. The third-order valence-electron chi connectivity index (χ3n) is 26.5. The second kappa shape index (κ2) is 52.7. The summed E-state index contributed by atoms with van der Waals surface area (Å²) < 4.78 is 0. The number of Topliss-reactive ketones (excluding diaryl/α,β-unsaturated/α-hetero) is 11. The first-order valence-corrected chi connectivity index (χ1v) is 51.3. The van der Waals surface area contributed by atoms with E-state index >= 15 is 14.4 Å². The lowest BCUT2D eigenvalue weighted by atomic mass is 9.72. The van der Waals surface area contributed by atoms with Crippen molar-refractivity contribution in [3.8, 4) is 0 Å². The van der Waals surface area contributed by atoms with Crippen LogP contribution in [0.4, 0.5) is 0 Å². The molecule has 0 spiro atoms. The molecule has 13 atom stereocenters. The topological polar surface area (TPSA) is 481 Å². The first-order chi connectivity index (χ1) is 65.1. The number of thioether (sulfide) groups is 3. The summed E-state index contributed by atoms with van der Waals surface area (Å²) >= 11 is 4.05. The monoisotopic (exact) mass is 1950 g/mol. The molecule has 8 rings (SSSR count). The zero-order chi connectivity index (χ0) is 102. The van der Waals surface area contributed by atoms with Gasteiger partial charge < -0.3 is 53.3 Å². The van der Waals surface area contributed by atoms with Crippen LogP contribution in [-0.2, 0) is 123 Å². The first-order valence-electron chi connectivity index (χ1n) is 47.8. The van der Waals surface area contributed by atoms with Crippen LogP contribution in [0.25, 0.3) is 21.5 Å². The Morgan fingerprint density at radius 3 is 1.75 bits per heavy atom. The van der Waals surface area contributed by atoms with Crippen molar-refractivity contribution in [1.29, 1.82) is 5.41 Å². The number of ketones is 11. The highest BCUT2D eigenvalue weighted by Crippen LogP contribution is 2.38. The molecule has 744 valence electrons. The van der Waals surface area contributed by atoms with E-state index < -0.39 is 214 Å². The molecule has 28 nitrogen and oxygen atoms in total. The van der Waals surface area contributed by atoms with Gasteiger partial charge in [-0.2, -0.15) is 35.3 Å². The summed E-state index contributed by atoms with van der Waals surface area (Å²) in [7, 11) is 0. The summed E-state index contributed by atoms with van der Waals surface area (Å²) in [5.74, 6) is -21.2. The Kier molecular flexibility index (Phi) is 42.8. The molecule has 1 saturated heterocycles. The first kappa shape index (κ1) is 112. The molecule has 2 heterocycles. The lowest BCUT2D eigenvalue weighted by molar-refractivity contribution is -0.143. The number of carbonyl (C=O) groups is 18. The number of primary amides is 2. The predicted octanol–water partition coefficient (Wildman–Crippen LogP) is 13.3. The number of carboxylic acids is 1. The molecule has 6 amide bonds. The molecule has 0 radical (unpaired) electrons. The highest BCUT2D eigenvalue weighted by Gasteiger charge is 2.44. The quantitative estimate of drug-likeness (QED) is 0.00987. The number of carbonyl (C=O) groups excluding carboxylic acids is 17. The largest absolute Gasteiger partial charge is 0.481 e. The van der Waals surface area contributed by atoms with Gasteiger partial charge in [0.15, 0.2) is 29.1 Å². The van der Waals surface area contributed by atoms with Crippen molar-refractivity contribution in [2.24, 2.45) is 87.7 Å². The van der Waals surface area contributed by atoms with Gasteiger partial charge in [-0.1, -0.05) is 175 Å². The summed E-state index contributed by atoms with van der Waals surface area (Å²) in [6.07, 6.45) is -3.63. The zero-order valence-electron chi connectivity index (χ0n) is 81.7. The normalized spacial score (nSPS) is 20.7. The number of nitrogens with one attached hydrogen (secondary N) is 5. The number of fused-ring (bicyclic) bond motifs is 4. The fourth-order valence-electron chi connectivity index (χ4n) is 18.3. The maximum Gasteiger partial charge on any atom is 0.304 e. The second-order valence-corrected chi connectivity index (χ2v) is 42.9. The van der Waals surface area contributed by atoms with Gasteiger partial charge in [-0.3, -0.25) is 86.9 Å². The maximum absolute atomic E-state index is 15.2. The van der Waals surface area contributed by atoms with Gasteiger partial charge in [0.1, 0.15) is 40.5 Å². The van der Waals surface area contributed by atoms with E-state index in [2.05, 4.69) is 21.3 Å². The van der Waals surface area contributed by atoms with Crippen LogP contribution in [0.1, 0.15) is 226 Å². The fourth-order valence-corrected chi connectivity index (χ4v) is 21.5. The third kappa shape index (κ3) is 34.4. The molecule has 138 heavy (non-hydrogen) atoms. The van der Waals surface area contributed by atoms with Gasteiger partial charge in [0.25, 0.3) is 0 Å². The highest BCUT2D eigenvalue weighted by atomic mass is 32.2. The number of aliphatic carboxylic acids is 1.